The van der Waals surface area contributed by atoms with Crippen LogP contribution in [0.4, 0.5) is 11.6 Å². The number of amides is 1. The molecule has 3 heterocycles. The lowest BCUT2D eigenvalue weighted by molar-refractivity contribution is -0.120. The lowest BCUT2D eigenvalue weighted by atomic mass is 10.1. The molecule has 0 fully saturated rings. The van der Waals surface area contributed by atoms with Gasteiger partial charge in [-0.05, 0) is 50.6 Å². The van der Waals surface area contributed by atoms with Crippen LogP contribution >= 0.6 is 11.3 Å². The number of pyridine rings is 2. The molecule has 1 amide bonds. The highest BCUT2D eigenvalue weighted by Gasteiger charge is 2.25. The molecular weight excluding hydrogens is 346 g/mol. The van der Waals surface area contributed by atoms with E-state index in [2.05, 4.69) is 25.6 Å². The largest absolute Gasteiger partial charge is 0.345 e. The first-order chi connectivity index (χ1) is 12.3. The van der Waals surface area contributed by atoms with Crippen LogP contribution in [0.15, 0.2) is 42.7 Å². The van der Waals surface area contributed by atoms with Crippen LogP contribution < -0.4 is 10.6 Å². The van der Waals surface area contributed by atoms with Crippen molar-refractivity contribution in [1.29, 1.82) is 0 Å². The van der Waals surface area contributed by atoms with Crippen LogP contribution in [-0.2, 0) is 10.3 Å². The molecule has 3 aromatic rings. The molecular formula is C19H21N5OS. The molecule has 2 N–H and O–H groups in total. The predicted molar refractivity (Wildman–Crippen MR) is 104 cm³/mol. The van der Waals surface area contributed by atoms with Crippen LogP contribution in [0.1, 0.15) is 31.3 Å². The number of carbonyl (C=O) groups is 1. The summed E-state index contributed by atoms with van der Waals surface area (Å²) in [6.45, 7) is 7.40. The van der Waals surface area contributed by atoms with Crippen molar-refractivity contribution in [2.45, 2.75) is 33.2 Å². The molecule has 0 saturated heterocycles. The molecule has 0 aliphatic rings. The smallest absolute Gasteiger partial charge is 0.217 e. The van der Waals surface area contributed by atoms with Crippen molar-refractivity contribution in [2.24, 2.45) is 0 Å². The average Bonchev–Trinajstić information content (AvgIpc) is 3.05. The van der Waals surface area contributed by atoms with Crippen LogP contribution in [-0.4, -0.2) is 20.9 Å². The quantitative estimate of drug-likeness (QED) is 0.712. The van der Waals surface area contributed by atoms with E-state index in [1.165, 1.54) is 18.3 Å². The molecule has 0 atom stereocenters. The highest BCUT2D eigenvalue weighted by Crippen LogP contribution is 2.31. The lowest BCUT2D eigenvalue weighted by Crippen LogP contribution is -2.39. The van der Waals surface area contributed by atoms with Crippen LogP contribution in [0.25, 0.3) is 10.6 Å². The van der Waals surface area contributed by atoms with Crippen molar-refractivity contribution in [1.82, 2.24) is 20.3 Å². The second kappa shape index (κ2) is 7.21. The number of nitrogens with zero attached hydrogens (tertiary/aromatic N) is 3. The van der Waals surface area contributed by atoms with Crippen molar-refractivity contribution >= 4 is 28.9 Å². The Morgan fingerprint density at radius 3 is 2.69 bits per heavy atom. The fraction of sp³-hybridized carbons (Fsp3) is 0.263. The van der Waals surface area contributed by atoms with Crippen LogP contribution in [0.2, 0.25) is 0 Å². The van der Waals surface area contributed by atoms with E-state index in [1.807, 2.05) is 51.1 Å². The minimum atomic E-state index is -0.518. The molecule has 6 nitrogen and oxygen atoms in total. The van der Waals surface area contributed by atoms with Gasteiger partial charge in [0, 0.05) is 19.3 Å². The van der Waals surface area contributed by atoms with Gasteiger partial charge in [0.25, 0.3) is 0 Å². The lowest BCUT2D eigenvalue weighted by Gasteiger charge is -2.22. The number of aromatic nitrogens is 3. The summed E-state index contributed by atoms with van der Waals surface area (Å²) in [7, 11) is 0. The number of hydrogen-bond acceptors (Lipinski definition) is 6. The molecule has 3 rings (SSSR count). The molecule has 0 aromatic carbocycles. The Kier molecular flexibility index (Phi) is 4.99. The van der Waals surface area contributed by atoms with E-state index in [1.54, 1.807) is 12.4 Å². The summed E-state index contributed by atoms with van der Waals surface area (Å²) in [5.74, 6) is 1.39. The second-order valence-corrected chi connectivity index (χ2v) is 7.62. The van der Waals surface area contributed by atoms with E-state index in [0.29, 0.717) is 0 Å². The standard InChI is InChI=1S/C19H21N5OS/c1-12-8-9-20-17(10-12)23-16-7-5-6-14(22-16)15-11-21-18(26-15)19(3,4)24-13(2)25/h5-11H,1-4H3,(H,24,25)(H,20,22,23). The zero-order chi connectivity index (χ0) is 18.7. The maximum Gasteiger partial charge on any atom is 0.217 e. The van der Waals surface area contributed by atoms with E-state index >= 15 is 0 Å². The van der Waals surface area contributed by atoms with E-state index in [0.717, 1.165) is 32.8 Å². The SMILES string of the molecule is CC(=O)NC(C)(C)c1ncc(-c2cccc(Nc3cc(C)ccn3)n2)s1. The molecule has 7 heteroatoms. The summed E-state index contributed by atoms with van der Waals surface area (Å²) in [5.41, 5.74) is 1.44. The van der Waals surface area contributed by atoms with Gasteiger partial charge in [-0.3, -0.25) is 4.79 Å². The van der Waals surface area contributed by atoms with Crippen molar-refractivity contribution in [3.05, 3.63) is 53.3 Å². The van der Waals surface area contributed by atoms with Crippen LogP contribution in [0, 0.1) is 6.92 Å². The van der Waals surface area contributed by atoms with Gasteiger partial charge in [-0.2, -0.15) is 0 Å². The highest BCUT2D eigenvalue weighted by molar-refractivity contribution is 7.15. The minimum absolute atomic E-state index is 0.0817. The third kappa shape index (κ3) is 4.23. The topological polar surface area (TPSA) is 79.8 Å². The first-order valence-corrected chi connectivity index (χ1v) is 9.07. The van der Waals surface area contributed by atoms with Crippen molar-refractivity contribution in [3.63, 3.8) is 0 Å². The van der Waals surface area contributed by atoms with E-state index in [4.69, 9.17) is 0 Å². The number of aryl methyl sites for hydroxylation is 1. The minimum Gasteiger partial charge on any atom is -0.345 e. The molecule has 0 aliphatic heterocycles. The number of rotatable bonds is 5. The van der Waals surface area contributed by atoms with Gasteiger partial charge in [0.2, 0.25) is 5.91 Å². The summed E-state index contributed by atoms with van der Waals surface area (Å²) in [6.07, 6.45) is 3.56. The first-order valence-electron chi connectivity index (χ1n) is 8.26. The molecule has 0 radical (unpaired) electrons. The van der Waals surface area contributed by atoms with Gasteiger partial charge in [-0.25, -0.2) is 15.0 Å². The van der Waals surface area contributed by atoms with Crippen molar-refractivity contribution < 1.29 is 4.79 Å². The molecule has 0 spiro atoms. The van der Waals surface area contributed by atoms with Crippen molar-refractivity contribution in [3.8, 4) is 10.6 Å². The van der Waals surface area contributed by atoms with Gasteiger partial charge >= 0.3 is 0 Å². The Morgan fingerprint density at radius 1 is 1.15 bits per heavy atom. The third-order valence-electron chi connectivity index (χ3n) is 3.70. The highest BCUT2D eigenvalue weighted by atomic mass is 32.1. The molecule has 0 unspecified atom stereocenters. The zero-order valence-corrected chi connectivity index (χ0v) is 16.0. The Bertz CT molecular complexity index is 935. The maximum atomic E-state index is 11.4. The van der Waals surface area contributed by atoms with E-state index in [-0.39, 0.29) is 5.91 Å². The molecule has 26 heavy (non-hydrogen) atoms. The van der Waals surface area contributed by atoms with Gasteiger partial charge < -0.3 is 10.6 Å². The van der Waals surface area contributed by atoms with Gasteiger partial charge in [-0.15, -0.1) is 11.3 Å². The van der Waals surface area contributed by atoms with E-state index in [9.17, 15) is 4.79 Å². The Morgan fingerprint density at radius 2 is 1.96 bits per heavy atom. The number of thiazole rings is 1. The van der Waals surface area contributed by atoms with Crippen LogP contribution in [0.3, 0.4) is 0 Å². The summed E-state index contributed by atoms with van der Waals surface area (Å²) in [6, 6.07) is 9.70. The fourth-order valence-electron chi connectivity index (χ4n) is 2.55. The molecule has 0 aliphatic carbocycles. The van der Waals surface area contributed by atoms with Gasteiger partial charge in [-0.1, -0.05) is 6.07 Å². The zero-order valence-electron chi connectivity index (χ0n) is 15.2. The summed E-state index contributed by atoms with van der Waals surface area (Å²) in [5, 5.41) is 6.98. The number of hydrogen-bond donors (Lipinski definition) is 2. The second-order valence-electron chi connectivity index (χ2n) is 6.59. The molecule has 134 valence electrons. The average molecular weight is 367 g/mol. The third-order valence-corrected chi connectivity index (χ3v) is 5.05. The number of carbonyl (C=O) groups excluding carboxylic acids is 1. The molecule has 0 bridgehead atoms. The number of nitrogens with one attached hydrogen (secondary N) is 2. The maximum absolute atomic E-state index is 11.4. The molecule has 3 aromatic heterocycles. The molecule has 0 saturated carbocycles. The summed E-state index contributed by atoms with van der Waals surface area (Å²) in [4.78, 5) is 25.8. The van der Waals surface area contributed by atoms with Crippen LogP contribution in [0.5, 0.6) is 0 Å². The normalized spacial score (nSPS) is 11.2. The summed E-state index contributed by atoms with van der Waals surface area (Å²) < 4.78 is 0. The Hall–Kier alpha value is -2.80. The monoisotopic (exact) mass is 367 g/mol. The van der Waals surface area contributed by atoms with Crippen molar-refractivity contribution in [2.75, 3.05) is 5.32 Å². The first kappa shape index (κ1) is 18.0. The fourth-order valence-corrected chi connectivity index (χ4v) is 3.50. The van der Waals surface area contributed by atoms with Gasteiger partial charge in [0.15, 0.2) is 0 Å². The van der Waals surface area contributed by atoms with Gasteiger partial charge in [0.1, 0.15) is 16.6 Å². The van der Waals surface area contributed by atoms with E-state index < -0.39 is 5.54 Å². The number of anilines is 2. The Labute approximate surface area is 156 Å². The predicted octanol–water partition coefficient (Wildman–Crippen LogP) is 4.02. The van der Waals surface area contributed by atoms with Gasteiger partial charge in [0.05, 0.1) is 16.1 Å². The Balaban J connectivity index is 1.83. The summed E-state index contributed by atoms with van der Waals surface area (Å²) >= 11 is 1.52.